The predicted octanol–water partition coefficient (Wildman–Crippen LogP) is 3.41. The molecule has 1 N–H and O–H groups in total. The van der Waals surface area contributed by atoms with Crippen LogP contribution in [-0.4, -0.2) is 42.1 Å². The molecule has 0 spiro atoms. The van der Waals surface area contributed by atoms with Crippen molar-refractivity contribution in [3.05, 3.63) is 21.4 Å². The molecule has 2 rings (SSSR count). The lowest BCUT2D eigenvalue weighted by molar-refractivity contribution is 0.0509. The first-order chi connectivity index (χ1) is 10.7. The van der Waals surface area contributed by atoms with Gasteiger partial charge in [0.15, 0.2) is 6.29 Å². The van der Waals surface area contributed by atoms with E-state index < -0.39 is 11.7 Å². The summed E-state index contributed by atoms with van der Waals surface area (Å²) in [6.45, 7) is 6.72. The maximum Gasteiger partial charge on any atom is 0.407 e. The molecule has 1 aromatic heterocycles. The van der Waals surface area contributed by atoms with Crippen molar-refractivity contribution >= 4 is 45.6 Å². The smallest absolute Gasteiger partial charge is 0.407 e. The Morgan fingerprint density at radius 2 is 2.26 bits per heavy atom. The highest BCUT2D eigenvalue weighted by atomic mass is 79.9. The van der Waals surface area contributed by atoms with E-state index in [0.717, 1.165) is 12.7 Å². The number of hydrogen-bond acceptors (Lipinski definition) is 5. The van der Waals surface area contributed by atoms with Gasteiger partial charge in [-0.25, -0.2) is 9.78 Å². The third kappa shape index (κ3) is 4.57. The summed E-state index contributed by atoms with van der Waals surface area (Å²) in [5.41, 5.74) is 0.627. The summed E-state index contributed by atoms with van der Waals surface area (Å²) in [7, 11) is 0. The monoisotopic (exact) mass is 403 g/mol. The molecular weight excluding hydrogens is 386 g/mol. The second-order valence-corrected chi connectivity index (χ2v) is 7.51. The van der Waals surface area contributed by atoms with E-state index in [1.54, 1.807) is 0 Å². The highest BCUT2D eigenvalue weighted by Crippen LogP contribution is 2.35. The van der Waals surface area contributed by atoms with Crippen LogP contribution in [0.5, 0.6) is 0 Å². The molecule has 6 nitrogen and oxygen atoms in total. The summed E-state index contributed by atoms with van der Waals surface area (Å²) in [6, 6.07) is -0.0526. The van der Waals surface area contributed by atoms with Crippen LogP contribution in [0.2, 0.25) is 5.15 Å². The first kappa shape index (κ1) is 18.0. The van der Waals surface area contributed by atoms with Crippen molar-refractivity contribution in [3.63, 3.8) is 0 Å². The summed E-state index contributed by atoms with van der Waals surface area (Å²) >= 11 is 9.41. The van der Waals surface area contributed by atoms with E-state index in [-0.39, 0.29) is 6.04 Å². The molecule has 126 valence electrons. The van der Waals surface area contributed by atoms with Crippen molar-refractivity contribution < 1.29 is 14.3 Å². The Bertz CT molecular complexity index is 619. The highest BCUT2D eigenvalue weighted by molar-refractivity contribution is 9.10. The zero-order valence-electron chi connectivity index (χ0n) is 13.2. The maximum atomic E-state index is 11.9. The van der Waals surface area contributed by atoms with Crippen molar-refractivity contribution in [1.82, 2.24) is 10.3 Å². The van der Waals surface area contributed by atoms with Crippen LogP contribution in [0.3, 0.4) is 0 Å². The Morgan fingerprint density at radius 3 is 2.87 bits per heavy atom. The molecule has 0 radical (unpaired) electrons. The Morgan fingerprint density at radius 1 is 1.57 bits per heavy atom. The molecule has 0 aromatic carbocycles. The van der Waals surface area contributed by atoms with Gasteiger partial charge in [-0.3, -0.25) is 4.79 Å². The van der Waals surface area contributed by atoms with Gasteiger partial charge in [0.25, 0.3) is 0 Å². The number of rotatable bonds is 3. The molecule has 1 aliphatic heterocycles. The van der Waals surface area contributed by atoms with E-state index in [1.165, 1.54) is 6.20 Å². The Balaban J connectivity index is 2.08. The molecule has 2 heterocycles. The largest absolute Gasteiger partial charge is 0.444 e. The third-order valence-corrected chi connectivity index (χ3v) is 4.60. The van der Waals surface area contributed by atoms with E-state index in [4.69, 9.17) is 16.3 Å². The van der Waals surface area contributed by atoms with Crippen LogP contribution in [0.15, 0.2) is 10.7 Å². The minimum Gasteiger partial charge on any atom is -0.444 e. The van der Waals surface area contributed by atoms with Crippen molar-refractivity contribution in [1.29, 1.82) is 0 Å². The number of aldehydes is 1. The number of nitrogens with one attached hydrogen (secondary N) is 1. The number of ether oxygens (including phenoxy) is 1. The number of alkyl carbamates (subject to hydrolysis) is 1. The SMILES string of the molecule is CC(C)(C)OC(=O)N[C@H]1CCN(c2c(C=O)cnc(Cl)c2Br)C1. The van der Waals surface area contributed by atoms with Crippen molar-refractivity contribution in [3.8, 4) is 0 Å². The fourth-order valence-corrected chi connectivity index (χ4v) is 3.15. The van der Waals surface area contributed by atoms with Crippen LogP contribution in [-0.2, 0) is 4.74 Å². The van der Waals surface area contributed by atoms with E-state index in [1.807, 2.05) is 25.7 Å². The number of hydrogen-bond donors (Lipinski definition) is 1. The minimum absolute atomic E-state index is 0.0526. The van der Waals surface area contributed by atoms with Gasteiger partial charge < -0.3 is 15.0 Å². The second kappa shape index (κ2) is 7.05. The normalized spacial score (nSPS) is 18.0. The number of carbonyl (C=O) groups is 2. The van der Waals surface area contributed by atoms with E-state index >= 15 is 0 Å². The molecule has 1 aliphatic rings. The molecule has 1 saturated heterocycles. The molecule has 0 unspecified atom stereocenters. The third-order valence-electron chi connectivity index (χ3n) is 3.33. The zero-order chi connectivity index (χ0) is 17.2. The Hall–Kier alpha value is -1.34. The fourth-order valence-electron chi connectivity index (χ4n) is 2.43. The van der Waals surface area contributed by atoms with Gasteiger partial charge in [-0.1, -0.05) is 11.6 Å². The molecular formula is C15H19BrClN3O3. The molecule has 0 bridgehead atoms. The number of amides is 1. The van der Waals surface area contributed by atoms with Crippen LogP contribution in [0.25, 0.3) is 0 Å². The van der Waals surface area contributed by atoms with Gasteiger partial charge in [0.1, 0.15) is 10.8 Å². The van der Waals surface area contributed by atoms with Gasteiger partial charge >= 0.3 is 6.09 Å². The van der Waals surface area contributed by atoms with Crippen molar-refractivity contribution in [2.75, 3.05) is 18.0 Å². The number of anilines is 1. The maximum absolute atomic E-state index is 11.9. The van der Waals surface area contributed by atoms with E-state index in [2.05, 4.69) is 26.2 Å². The van der Waals surface area contributed by atoms with Gasteiger partial charge in [-0.15, -0.1) is 0 Å². The van der Waals surface area contributed by atoms with Crippen LogP contribution in [0.4, 0.5) is 10.5 Å². The summed E-state index contributed by atoms with van der Waals surface area (Å²) in [5, 5.41) is 3.15. The summed E-state index contributed by atoms with van der Waals surface area (Å²) in [5.74, 6) is 0. The number of pyridine rings is 1. The number of carbonyl (C=O) groups excluding carboxylic acids is 2. The molecule has 8 heteroatoms. The molecule has 23 heavy (non-hydrogen) atoms. The summed E-state index contributed by atoms with van der Waals surface area (Å²) < 4.78 is 5.85. The fraction of sp³-hybridized carbons (Fsp3) is 0.533. The van der Waals surface area contributed by atoms with Gasteiger partial charge in [0, 0.05) is 19.3 Å². The molecule has 1 fully saturated rings. The lowest BCUT2D eigenvalue weighted by atomic mass is 10.2. The van der Waals surface area contributed by atoms with Crippen LogP contribution < -0.4 is 10.2 Å². The molecule has 1 amide bonds. The molecule has 1 atom stereocenters. The topological polar surface area (TPSA) is 71.5 Å². The lowest BCUT2D eigenvalue weighted by Crippen LogP contribution is -2.40. The van der Waals surface area contributed by atoms with Gasteiger partial charge in [-0.2, -0.15) is 0 Å². The predicted molar refractivity (Wildman–Crippen MR) is 92.3 cm³/mol. The average Bonchev–Trinajstić information content (AvgIpc) is 2.87. The summed E-state index contributed by atoms with van der Waals surface area (Å²) in [6.07, 6.45) is 2.51. The Labute approximate surface area is 148 Å². The lowest BCUT2D eigenvalue weighted by Gasteiger charge is -2.23. The number of halogens is 2. The molecule has 0 saturated carbocycles. The van der Waals surface area contributed by atoms with E-state index in [0.29, 0.717) is 34.0 Å². The van der Waals surface area contributed by atoms with Crippen LogP contribution >= 0.6 is 27.5 Å². The average molecular weight is 405 g/mol. The van der Waals surface area contributed by atoms with Crippen LogP contribution in [0, 0.1) is 0 Å². The Kier molecular flexibility index (Phi) is 5.52. The highest BCUT2D eigenvalue weighted by Gasteiger charge is 2.29. The van der Waals surface area contributed by atoms with E-state index in [9.17, 15) is 9.59 Å². The van der Waals surface area contributed by atoms with Crippen molar-refractivity contribution in [2.45, 2.75) is 38.8 Å². The van der Waals surface area contributed by atoms with Crippen LogP contribution in [0.1, 0.15) is 37.6 Å². The molecule has 0 aliphatic carbocycles. The van der Waals surface area contributed by atoms with Crippen molar-refractivity contribution in [2.24, 2.45) is 0 Å². The second-order valence-electron chi connectivity index (χ2n) is 6.36. The standard InChI is InChI=1S/C15H19BrClN3O3/c1-15(2,3)23-14(22)19-10-4-5-20(7-10)12-9(8-21)6-18-13(17)11(12)16/h6,8,10H,4-5,7H2,1-3H3,(H,19,22)/t10-/m0/s1. The van der Waals surface area contributed by atoms with Gasteiger partial charge in [0.2, 0.25) is 0 Å². The minimum atomic E-state index is -0.533. The quantitative estimate of drug-likeness (QED) is 0.617. The summed E-state index contributed by atoms with van der Waals surface area (Å²) in [4.78, 5) is 29.1. The number of nitrogens with zero attached hydrogens (tertiary/aromatic N) is 2. The first-order valence-electron chi connectivity index (χ1n) is 7.25. The van der Waals surface area contributed by atoms with Gasteiger partial charge in [0.05, 0.1) is 21.8 Å². The number of aromatic nitrogens is 1. The zero-order valence-corrected chi connectivity index (χ0v) is 15.6. The first-order valence-corrected chi connectivity index (χ1v) is 8.42. The molecule has 1 aromatic rings. The van der Waals surface area contributed by atoms with Gasteiger partial charge in [-0.05, 0) is 43.1 Å².